The van der Waals surface area contributed by atoms with Crippen LogP contribution in [0.5, 0.6) is 0 Å². The summed E-state index contributed by atoms with van der Waals surface area (Å²) >= 11 is 0. The summed E-state index contributed by atoms with van der Waals surface area (Å²) < 4.78 is 11.0. The number of ether oxygens (including phenoxy) is 2. The van der Waals surface area contributed by atoms with Crippen LogP contribution < -0.4 is 5.32 Å². The van der Waals surface area contributed by atoms with Gasteiger partial charge in [-0.1, -0.05) is 13.8 Å². The molecule has 2 saturated heterocycles. The minimum absolute atomic E-state index is 0.478. The third-order valence-corrected chi connectivity index (χ3v) is 4.96. The van der Waals surface area contributed by atoms with Gasteiger partial charge < -0.3 is 19.7 Å². The molecule has 0 aromatic carbocycles. The molecule has 0 aromatic heterocycles. The molecule has 2 unspecified atom stereocenters. The molecule has 0 aromatic rings. The quantitative estimate of drug-likeness (QED) is 0.559. The first kappa shape index (κ1) is 19.5. The molecule has 6 heteroatoms. The van der Waals surface area contributed by atoms with Crippen LogP contribution in [0.2, 0.25) is 0 Å². The molecule has 24 heavy (non-hydrogen) atoms. The monoisotopic (exact) mass is 340 g/mol. The van der Waals surface area contributed by atoms with E-state index in [9.17, 15) is 0 Å². The summed E-state index contributed by atoms with van der Waals surface area (Å²) in [5, 5.41) is 3.45. The summed E-state index contributed by atoms with van der Waals surface area (Å²) in [6.45, 7) is 15.0. The standard InChI is InChI=1S/C18H36N4O2/c1-5-19-18(21(4)13-16-6-9-24-14-16)20-12-17(15(2)3)22-7-10-23-11-8-22/h15-17H,5-14H2,1-4H3,(H,19,20). The molecule has 1 N–H and O–H groups in total. The van der Waals surface area contributed by atoms with E-state index < -0.39 is 0 Å². The molecule has 140 valence electrons. The molecular weight excluding hydrogens is 304 g/mol. The Hall–Kier alpha value is -0.850. The van der Waals surface area contributed by atoms with Crippen LogP contribution in [0.15, 0.2) is 4.99 Å². The molecule has 0 amide bonds. The van der Waals surface area contributed by atoms with E-state index in [1.807, 2.05) is 0 Å². The van der Waals surface area contributed by atoms with Gasteiger partial charge in [-0.25, -0.2) is 0 Å². The molecule has 2 aliphatic rings. The van der Waals surface area contributed by atoms with Crippen LogP contribution in [0.25, 0.3) is 0 Å². The molecule has 6 nitrogen and oxygen atoms in total. The number of nitrogens with one attached hydrogen (secondary N) is 1. The lowest BCUT2D eigenvalue weighted by molar-refractivity contribution is 0.00863. The molecule has 0 saturated carbocycles. The summed E-state index contributed by atoms with van der Waals surface area (Å²) in [7, 11) is 2.14. The maximum absolute atomic E-state index is 5.50. The minimum Gasteiger partial charge on any atom is -0.381 e. The van der Waals surface area contributed by atoms with E-state index in [1.165, 1.54) is 0 Å². The zero-order chi connectivity index (χ0) is 17.4. The number of rotatable bonds is 7. The number of hydrogen-bond donors (Lipinski definition) is 1. The molecule has 2 atom stereocenters. The molecule has 0 aliphatic carbocycles. The molecular formula is C18H36N4O2. The number of aliphatic imine (C=N–C) groups is 1. The Kier molecular flexibility index (Phi) is 8.29. The highest BCUT2D eigenvalue weighted by Gasteiger charge is 2.24. The lowest BCUT2D eigenvalue weighted by Crippen LogP contribution is -2.48. The Labute approximate surface area is 147 Å². The molecule has 2 fully saturated rings. The summed E-state index contributed by atoms with van der Waals surface area (Å²) in [4.78, 5) is 9.76. The SMILES string of the molecule is CCNC(=NCC(C(C)C)N1CCOCC1)N(C)CC1CCOC1. The van der Waals surface area contributed by atoms with E-state index in [4.69, 9.17) is 14.5 Å². The first-order chi connectivity index (χ1) is 11.6. The van der Waals surface area contributed by atoms with Gasteiger partial charge in [-0.2, -0.15) is 0 Å². The summed E-state index contributed by atoms with van der Waals surface area (Å²) in [5.41, 5.74) is 0. The summed E-state index contributed by atoms with van der Waals surface area (Å²) in [6.07, 6.45) is 1.16. The van der Waals surface area contributed by atoms with E-state index in [-0.39, 0.29) is 0 Å². The van der Waals surface area contributed by atoms with E-state index in [0.717, 1.165) is 71.5 Å². The predicted molar refractivity (Wildman–Crippen MR) is 98.6 cm³/mol. The van der Waals surface area contributed by atoms with Crippen LogP contribution in [0.1, 0.15) is 27.2 Å². The maximum Gasteiger partial charge on any atom is 0.193 e. The van der Waals surface area contributed by atoms with Crippen molar-refractivity contribution in [2.75, 3.05) is 66.2 Å². The Morgan fingerprint density at radius 3 is 2.58 bits per heavy atom. The van der Waals surface area contributed by atoms with Gasteiger partial charge in [0.2, 0.25) is 0 Å². The summed E-state index contributed by atoms with van der Waals surface area (Å²) in [5.74, 6) is 2.23. The normalized spacial score (nSPS) is 24.4. The van der Waals surface area contributed by atoms with E-state index >= 15 is 0 Å². The lowest BCUT2D eigenvalue weighted by atomic mass is 10.0. The molecule has 0 bridgehead atoms. The Morgan fingerprint density at radius 2 is 2.00 bits per heavy atom. The Balaban J connectivity index is 1.95. The third kappa shape index (κ3) is 5.90. The second kappa shape index (κ2) is 10.2. The predicted octanol–water partition coefficient (Wildman–Crippen LogP) is 1.28. The van der Waals surface area contributed by atoms with Crippen molar-refractivity contribution in [2.45, 2.75) is 33.2 Å². The molecule has 0 spiro atoms. The molecule has 0 radical (unpaired) electrons. The number of morpholine rings is 1. The van der Waals surface area contributed by atoms with E-state index in [2.05, 4.69) is 42.9 Å². The second-order valence-electron chi connectivity index (χ2n) is 7.26. The molecule has 2 aliphatic heterocycles. The average molecular weight is 341 g/mol. The maximum atomic E-state index is 5.50. The van der Waals surface area contributed by atoms with Gasteiger partial charge in [0, 0.05) is 51.8 Å². The van der Waals surface area contributed by atoms with Crippen molar-refractivity contribution in [3.63, 3.8) is 0 Å². The van der Waals surface area contributed by atoms with Gasteiger partial charge in [-0.05, 0) is 19.3 Å². The minimum atomic E-state index is 0.478. The fourth-order valence-corrected chi connectivity index (χ4v) is 3.51. The number of nitrogens with zero attached hydrogens (tertiary/aromatic N) is 3. The van der Waals surface area contributed by atoms with Crippen molar-refractivity contribution in [3.05, 3.63) is 0 Å². The zero-order valence-corrected chi connectivity index (χ0v) is 16.0. The van der Waals surface area contributed by atoms with Gasteiger partial charge in [0.05, 0.1) is 26.4 Å². The van der Waals surface area contributed by atoms with Crippen LogP contribution in [0, 0.1) is 11.8 Å². The summed E-state index contributed by atoms with van der Waals surface area (Å²) in [6, 6.07) is 0.478. The highest BCUT2D eigenvalue weighted by atomic mass is 16.5. The van der Waals surface area contributed by atoms with Gasteiger partial charge >= 0.3 is 0 Å². The van der Waals surface area contributed by atoms with Crippen LogP contribution in [0.3, 0.4) is 0 Å². The highest BCUT2D eigenvalue weighted by Crippen LogP contribution is 2.15. The zero-order valence-electron chi connectivity index (χ0n) is 16.0. The van der Waals surface area contributed by atoms with Crippen molar-refractivity contribution in [2.24, 2.45) is 16.8 Å². The van der Waals surface area contributed by atoms with Gasteiger partial charge in [0.15, 0.2) is 5.96 Å². The van der Waals surface area contributed by atoms with Crippen molar-refractivity contribution in [3.8, 4) is 0 Å². The van der Waals surface area contributed by atoms with Gasteiger partial charge in [-0.3, -0.25) is 9.89 Å². The van der Waals surface area contributed by atoms with Crippen molar-refractivity contribution < 1.29 is 9.47 Å². The molecule has 2 rings (SSSR count). The smallest absolute Gasteiger partial charge is 0.193 e. The van der Waals surface area contributed by atoms with Gasteiger partial charge in [0.1, 0.15) is 0 Å². The van der Waals surface area contributed by atoms with Gasteiger partial charge in [-0.15, -0.1) is 0 Å². The first-order valence-corrected chi connectivity index (χ1v) is 9.50. The van der Waals surface area contributed by atoms with Crippen LogP contribution in [0.4, 0.5) is 0 Å². The van der Waals surface area contributed by atoms with Crippen LogP contribution in [-0.4, -0.2) is 88.0 Å². The fraction of sp³-hybridized carbons (Fsp3) is 0.944. The van der Waals surface area contributed by atoms with Crippen molar-refractivity contribution in [1.82, 2.24) is 15.1 Å². The van der Waals surface area contributed by atoms with E-state index in [0.29, 0.717) is 17.9 Å². The fourth-order valence-electron chi connectivity index (χ4n) is 3.51. The average Bonchev–Trinajstić information content (AvgIpc) is 3.07. The topological polar surface area (TPSA) is 49.3 Å². The first-order valence-electron chi connectivity index (χ1n) is 9.50. The van der Waals surface area contributed by atoms with Crippen LogP contribution >= 0.6 is 0 Å². The Morgan fingerprint density at radius 1 is 1.25 bits per heavy atom. The van der Waals surface area contributed by atoms with Gasteiger partial charge in [0.25, 0.3) is 0 Å². The number of guanidine groups is 1. The largest absolute Gasteiger partial charge is 0.381 e. The second-order valence-corrected chi connectivity index (χ2v) is 7.26. The highest BCUT2D eigenvalue weighted by molar-refractivity contribution is 5.79. The van der Waals surface area contributed by atoms with Crippen molar-refractivity contribution >= 4 is 5.96 Å². The molecule has 2 heterocycles. The van der Waals surface area contributed by atoms with E-state index in [1.54, 1.807) is 0 Å². The Bertz CT molecular complexity index is 377. The number of hydrogen-bond acceptors (Lipinski definition) is 4. The third-order valence-electron chi connectivity index (χ3n) is 4.96. The van der Waals surface area contributed by atoms with Crippen LogP contribution in [-0.2, 0) is 9.47 Å². The lowest BCUT2D eigenvalue weighted by Gasteiger charge is -2.36. The van der Waals surface area contributed by atoms with Crippen molar-refractivity contribution in [1.29, 1.82) is 0 Å².